The van der Waals surface area contributed by atoms with Crippen molar-refractivity contribution in [1.82, 2.24) is 14.4 Å². The average molecular weight is 338 g/mol. The molecule has 2 heterocycles. The minimum atomic E-state index is 0.478. The molecular formula is C20H26N4O. The quantitative estimate of drug-likeness (QED) is 0.739. The van der Waals surface area contributed by atoms with Crippen molar-refractivity contribution in [2.45, 2.75) is 47.3 Å². The third-order valence-corrected chi connectivity index (χ3v) is 4.75. The van der Waals surface area contributed by atoms with Crippen LogP contribution in [0.1, 0.15) is 40.7 Å². The van der Waals surface area contributed by atoms with Crippen molar-refractivity contribution in [1.29, 1.82) is 0 Å². The Labute approximate surface area is 149 Å². The molecule has 0 aliphatic carbocycles. The number of anilines is 1. The maximum absolute atomic E-state index is 5.27. The average Bonchev–Trinajstić information content (AvgIpc) is 2.89. The first-order valence-electron chi connectivity index (χ1n) is 8.70. The number of nitrogens with zero attached hydrogens (tertiary/aromatic N) is 3. The zero-order chi connectivity index (χ0) is 18.0. The molecule has 0 spiro atoms. The summed E-state index contributed by atoms with van der Waals surface area (Å²) < 4.78 is 7.37. The molecule has 0 atom stereocenters. The van der Waals surface area contributed by atoms with Crippen molar-refractivity contribution >= 4 is 11.5 Å². The fourth-order valence-electron chi connectivity index (χ4n) is 3.18. The number of imidazole rings is 1. The van der Waals surface area contributed by atoms with Gasteiger partial charge in [0, 0.05) is 25.5 Å². The summed E-state index contributed by atoms with van der Waals surface area (Å²) in [7, 11) is 1.69. The topological polar surface area (TPSA) is 51.5 Å². The lowest BCUT2D eigenvalue weighted by molar-refractivity contribution is 0.181. The van der Waals surface area contributed by atoms with Crippen molar-refractivity contribution in [3.8, 4) is 0 Å². The van der Waals surface area contributed by atoms with E-state index in [2.05, 4.69) is 53.7 Å². The van der Waals surface area contributed by atoms with Crippen LogP contribution < -0.4 is 5.32 Å². The van der Waals surface area contributed by atoms with Crippen LogP contribution in [0.4, 0.5) is 5.82 Å². The van der Waals surface area contributed by atoms with Crippen LogP contribution >= 0.6 is 0 Å². The Morgan fingerprint density at radius 1 is 1.16 bits per heavy atom. The molecule has 3 aromatic rings. The Hall–Kier alpha value is -2.40. The standard InChI is InChI=1S/C20H26N4O/c1-6-16-9-7-8-13(2)18(16)10-21-19-20-22-14(3)15(4)24(20)11-17(23-19)12-25-5/h7-9,11H,6,10,12H2,1-5H3,(H,21,23). The van der Waals surface area contributed by atoms with E-state index in [-0.39, 0.29) is 0 Å². The summed E-state index contributed by atoms with van der Waals surface area (Å²) in [5, 5.41) is 3.51. The van der Waals surface area contributed by atoms with Gasteiger partial charge in [0.05, 0.1) is 18.0 Å². The fourth-order valence-corrected chi connectivity index (χ4v) is 3.18. The SMILES string of the molecule is CCc1cccc(C)c1CNc1nc(COC)cn2c(C)c(C)nc12. The molecule has 0 fully saturated rings. The van der Waals surface area contributed by atoms with E-state index in [1.807, 2.05) is 13.1 Å². The minimum absolute atomic E-state index is 0.478. The van der Waals surface area contributed by atoms with Gasteiger partial charge in [-0.25, -0.2) is 9.97 Å². The van der Waals surface area contributed by atoms with E-state index in [0.717, 1.165) is 41.5 Å². The van der Waals surface area contributed by atoms with E-state index in [1.165, 1.54) is 16.7 Å². The molecule has 0 saturated carbocycles. The molecule has 132 valence electrons. The summed E-state index contributed by atoms with van der Waals surface area (Å²) in [5.74, 6) is 0.802. The third-order valence-electron chi connectivity index (χ3n) is 4.75. The van der Waals surface area contributed by atoms with Gasteiger partial charge in [0.1, 0.15) is 0 Å². The Morgan fingerprint density at radius 3 is 2.68 bits per heavy atom. The first-order chi connectivity index (χ1) is 12.0. The van der Waals surface area contributed by atoms with Crippen LogP contribution in [0.3, 0.4) is 0 Å². The zero-order valence-corrected chi connectivity index (χ0v) is 15.7. The van der Waals surface area contributed by atoms with Crippen LogP contribution in [0, 0.1) is 20.8 Å². The van der Waals surface area contributed by atoms with Gasteiger partial charge in [0.15, 0.2) is 11.5 Å². The maximum atomic E-state index is 5.27. The van der Waals surface area contributed by atoms with Crippen LogP contribution in [0.5, 0.6) is 0 Å². The number of methoxy groups -OCH3 is 1. The molecule has 0 aliphatic rings. The molecule has 0 bridgehead atoms. The van der Waals surface area contributed by atoms with Gasteiger partial charge in [-0.1, -0.05) is 25.1 Å². The lowest BCUT2D eigenvalue weighted by atomic mass is 10.00. The smallest absolute Gasteiger partial charge is 0.180 e. The number of rotatable bonds is 6. The highest BCUT2D eigenvalue weighted by Crippen LogP contribution is 2.22. The molecule has 25 heavy (non-hydrogen) atoms. The molecular weight excluding hydrogens is 312 g/mol. The first-order valence-corrected chi connectivity index (χ1v) is 8.70. The predicted octanol–water partition coefficient (Wildman–Crippen LogP) is 3.98. The highest BCUT2D eigenvalue weighted by molar-refractivity contribution is 5.64. The second-order valence-electron chi connectivity index (χ2n) is 6.41. The highest BCUT2D eigenvalue weighted by atomic mass is 16.5. The van der Waals surface area contributed by atoms with E-state index in [1.54, 1.807) is 7.11 Å². The lowest BCUT2D eigenvalue weighted by Crippen LogP contribution is -2.09. The Morgan fingerprint density at radius 2 is 1.96 bits per heavy atom. The third kappa shape index (κ3) is 3.37. The minimum Gasteiger partial charge on any atom is -0.378 e. The van der Waals surface area contributed by atoms with Crippen molar-refractivity contribution < 1.29 is 4.74 Å². The fraction of sp³-hybridized carbons (Fsp3) is 0.400. The van der Waals surface area contributed by atoms with Gasteiger partial charge in [-0.3, -0.25) is 4.40 Å². The number of ether oxygens (including phenoxy) is 1. The summed E-state index contributed by atoms with van der Waals surface area (Å²) in [5.41, 5.74) is 7.90. The van der Waals surface area contributed by atoms with Crippen molar-refractivity contribution in [3.05, 3.63) is 58.2 Å². The van der Waals surface area contributed by atoms with Gasteiger partial charge in [-0.05, 0) is 43.9 Å². The van der Waals surface area contributed by atoms with E-state index in [4.69, 9.17) is 9.72 Å². The van der Waals surface area contributed by atoms with Gasteiger partial charge in [-0.2, -0.15) is 0 Å². The second kappa shape index (κ2) is 7.23. The monoisotopic (exact) mass is 338 g/mol. The van der Waals surface area contributed by atoms with Crippen LogP contribution in [0.2, 0.25) is 0 Å². The largest absolute Gasteiger partial charge is 0.378 e. The Bertz CT molecular complexity index is 898. The molecule has 5 heteroatoms. The summed E-state index contributed by atoms with van der Waals surface area (Å²) >= 11 is 0. The van der Waals surface area contributed by atoms with Gasteiger partial charge >= 0.3 is 0 Å². The number of hydrogen-bond acceptors (Lipinski definition) is 4. The summed E-state index contributed by atoms with van der Waals surface area (Å²) in [4.78, 5) is 9.41. The van der Waals surface area contributed by atoms with Gasteiger partial charge in [0.25, 0.3) is 0 Å². The van der Waals surface area contributed by atoms with Crippen molar-refractivity contribution in [2.75, 3.05) is 12.4 Å². The maximum Gasteiger partial charge on any atom is 0.180 e. The normalized spacial score (nSPS) is 11.2. The summed E-state index contributed by atoms with van der Waals surface area (Å²) in [6.07, 6.45) is 3.03. The number of benzene rings is 1. The Balaban J connectivity index is 2.00. The van der Waals surface area contributed by atoms with Crippen molar-refractivity contribution in [3.63, 3.8) is 0 Å². The van der Waals surface area contributed by atoms with Crippen LogP contribution in [-0.2, 0) is 24.3 Å². The zero-order valence-electron chi connectivity index (χ0n) is 15.7. The first kappa shape index (κ1) is 17.4. The van der Waals surface area contributed by atoms with Crippen molar-refractivity contribution in [2.24, 2.45) is 0 Å². The number of aromatic nitrogens is 3. The molecule has 3 rings (SSSR count). The molecule has 2 aromatic heterocycles. The van der Waals surface area contributed by atoms with E-state index in [0.29, 0.717) is 6.61 Å². The molecule has 1 aromatic carbocycles. The highest BCUT2D eigenvalue weighted by Gasteiger charge is 2.13. The number of nitrogens with one attached hydrogen (secondary N) is 1. The second-order valence-corrected chi connectivity index (χ2v) is 6.41. The Kier molecular flexibility index (Phi) is 5.04. The number of aryl methyl sites for hydroxylation is 4. The predicted molar refractivity (Wildman–Crippen MR) is 101 cm³/mol. The van der Waals surface area contributed by atoms with E-state index < -0.39 is 0 Å². The van der Waals surface area contributed by atoms with Gasteiger partial charge in [0.2, 0.25) is 0 Å². The molecule has 5 nitrogen and oxygen atoms in total. The molecule has 0 saturated heterocycles. The van der Waals surface area contributed by atoms with Crippen LogP contribution in [-0.4, -0.2) is 21.5 Å². The van der Waals surface area contributed by atoms with Gasteiger partial charge in [-0.15, -0.1) is 0 Å². The molecule has 1 N–H and O–H groups in total. The van der Waals surface area contributed by atoms with E-state index in [9.17, 15) is 0 Å². The summed E-state index contributed by atoms with van der Waals surface area (Å²) in [6, 6.07) is 6.47. The lowest BCUT2D eigenvalue weighted by Gasteiger charge is -2.14. The molecule has 0 amide bonds. The van der Waals surface area contributed by atoms with Gasteiger partial charge < -0.3 is 10.1 Å². The van der Waals surface area contributed by atoms with E-state index >= 15 is 0 Å². The molecule has 0 radical (unpaired) electrons. The molecule has 0 unspecified atom stereocenters. The summed E-state index contributed by atoms with van der Waals surface area (Å²) in [6.45, 7) is 9.66. The molecule has 0 aliphatic heterocycles. The number of hydrogen-bond donors (Lipinski definition) is 1. The van der Waals surface area contributed by atoms with Crippen LogP contribution in [0.25, 0.3) is 5.65 Å². The van der Waals surface area contributed by atoms with Crippen LogP contribution in [0.15, 0.2) is 24.4 Å². The number of fused-ring (bicyclic) bond motifs is 1.